The van der Waals surface area contributed by atoms with Gasteiger partial charge in [-0.15, -0.1) is 0 Å². The molecule has 0 aromatic rings. The lowest BCUT2D eigenvalue weighted by molar-refractivity contribution is -0.122. The molecule has 0 spiro atoms. The first kappa shape index (κ1) is 13.9. The van der Waals surface area contributed by atoms with E-state index in [2.05, 4.69) is 12.2 Å². The second kappa shape index (κ2) is 6.55. The lowest BCUT2D eigenvalue weighted by Gasteiger charge is -2.26. The Morgan fingerprint density at radius 2 is 2.00 bits per heavy atom. The van der Waals surface area contributed by atoms with Gasteiger partial charge in [0.1, 0.15) is 0 Å². The SMILES string of the molecule is CC1CCCC(CC(=O)NCC2CCCC2O)C1. The number of carbonyl (C=O) groups is 1. The van der Waals surface area contributed by atoms with Crippen LogP contribution in [-0.2, 0) is 4.79 Å². The second-order valence-corrected chi connectivity index (χ2v) is 6.40. The molecule has 18 heavy (non-hydrogen) atoms. The van der Waals surface area contributed by atoms with Crippen LogP contribution >= 0.6 is 0 Å². The molecular formula is C15H27NO2. The molecular weight excluding hydrogens is 226 g/mol. The largest absolute Gasteiger partial charge is 0.393 e. The zero-order valence-electron chi connectivity index (χ0n) is 11.5. The normalized spacial score (nSPS) is 36.6. The molecule has 4 unspecified atom stereocenters. The third kappa shape index (κ3) is 3.98. The Hall–Kier alpha value is -0.570. The van der Waals surface area contributed by atoms with Crippen molar-refractivity contribution in [1.29, 1.82) is 0 Å². The second-order valence-electron chi connectivity index (χ2n) is 6.40. The van der Waals surface area contributed by atoms with E-state index < -0.39 is 0 Å². The highest BCUT2D eigenvalue weighted by Crippen LogP contribution is 2.30. The number of nitrogens with one attached hydrogen (secondary N) is 1. The Kier molecular flexibility index (Phi) is 5.04. The van der Waals surface area contributed by atoms with Crippen molar-refractivity contribution >= 4 is 5.91 Å². The molecule has 1 amide bonds. The molecule has 3 heteroatoms. The van der Waals surface area contributed by atoms with Crippen LogP contribution in [0.1, 0.15) is 58.3 Å². The Morgan fingerprint density at radius 3 is 2.67 bits per heavy atom. The molecule has 0 aromatic carbocycles. The van der Waals surface area contributed by atoms with E-state index >= 15 is 0 Å². The highest BCUT2D eigenvalue weighted by Gasteiger charge is 2.26. The van der Waals surface area contributed by atoms with Gasteiger partial charge in [-0.05, 0) is 37.5 Å². The molecule has 2 saturated carbocycles. The molecule has 2 N–H and O–H groups in total. The zero-order valence-corrected chi connectivity index (χ0v) is 11.5. The van der Waals surface area contributed by atoms with Crippen LogP contribution in [0.4, 0.5) is 0 Å². The number of aliphatic hydroxyl groups excluding tert-OH is 1. The van der Waals surface area contributed by atoms with Crippen LogP contribution in [0.3, 0.4) is 0 Å². The van der Waals surface area contributed by atoms with Crippen LogP contribution < -0.4 is 5.32 Å². The standard InChI is InChI=1S/C15H27NO2/c1-11-4-2-5-12(8-11)9-15(18)16-10-13-6-3-7-14(13)17/h11-14,17H,2-10H2,1H3,(H,16,18). The summed E-state index contributed by atoms with van der Waals surface area (Å²) in [4.78, 5) is 11.9. The number of carbonyl (C=O) groups excluding carboxylic acids is 1. The maximum atomic E-state index is 11.9. The van der Waals surface area contributed by atoms with Gasteiger partial charge in [-0.2, -0.15) is 0 Å². The molecule has 104 valence electrons. The fourth-order valence-electron chi connectivity index (χ4n) is 3.58. The molecule has 0 aliphatic heterocycles. The third-order valence-electron chi connectivity index (χ3n) is 4.70. The van der Waals surface area contributed by atoms with Gasteiger partial charge in [0.05, 0.1) is 6.10 Å². The number of hydrogen-bond donors (Lipinski definition) is 2. The van der Waals surface area contributed by atoms with Crippen molar-refractivity contribution < 1.29 is 9.90 Å². The van der Waals surface area contributed by atoms with E-state index in [9.17, 15) is 9.90 Å². The molecule has 0 heterocycles. The smallest absolute Gasteiger partial charge is 0.220 e. The van der Waals surface area contributed by atoms with E-state index in [-0.39, 0.29) is 12.0 Å². The third-order valence-corrected chi connectivity index (χ3v) is 4.70. The molecule has 0 bridgehead atoms. The molecule has 0 radical (unpaired) electrons. The van der Waals surface area contributed by atoms with Crippen molar-refractivity contribution in [2.45, 2.75) is 64.4 Å². The quantitative estimate of drug-likeness (QED) is 0.808. The number of hydrogen-bond acceptors (Lipinski definition) is 2. The Bertz CT molecular complexity index is 280. The van der Waals surface area contributed by atoms with E-state index in [0.717, 1.165) is 25.2 Å². The average Bonchev–Trinajstić information content (AvgIpc) is 2.72. The van der Waals surface area contributed by atoms with E-state index in [1.807, 2.05) is 0 Å². The van der Waals surface area contributed by atoms with Gasteiger partial charge in [-0.3, -0.25) is 4.79 Å². The maximum Gasteiger partial charge on any atom is 0.220 e. The summed E-state index contributed by atoms with van der Waals surface area (Å²) in [6.45, 7) is 2.96. The number of aliphatic hydroxyl groups is 1. The van der Waals surface area contributed by atoms with Gasteiger partial charge >= 0.3 is 0 Å². The van der Waals surface area contributed by atoms with E-state index in [1.165, 1.54) is 25.7 Å². The summed E-state index contributed by atoms with van der Waals surface area (Å²) in [5.74, 6) is 1.85. The van der Waals surface area contributed by atoms with Gasteiger partial charge < -0.3 is 10.4 Å². The van der Waals surface area contributed by atoms with Crippen molar-refractivity contribution in [1.82, 2.24) is 5.32 Å². The minimum atomic E-state index is -0.194. The highest BCUT2D eigenvalue weighted by atomic mass is 16.3. The van der Waals surface area contributed by atoms with Crippen LogP contribution in [0, 0.1) is 17.8 Å². The summed E-state index contributed by atoms with van der Waals surface area (Å²) in [6, 6.07) is 0. The van der Waals surface area contributed by atoms with Crippen LogP contribution in [0.5, 0.6) is 0 Å². The Labute approximate surface area is 110 Å². The fourth-order valence-corrected chi connectivity index (χ4v) is 3.58. The fraction of sp³-hybridized carbons (Fsp3) is 0.933. The van der Waals surface area contributed by atoms with Crippen LogP contribution in [0.25, 0.3) is 0 Å². The van der Waals surface area contributed by atoms with Crippen LogP contribution in [0.15, 0.2) is 0 Å². The summed E-state index contributed by atoms with van der Waals surface area (Å²) in [7, 11) is 0. The van der Waals surface area contributed by atoms with Crippen LogP contribution in [-0.4, -0.2) is 23.7 Å². The van der Waals surface area contributed by atoms with Crippen molar-refractivity contribution in [3.05, 3.63) is 0 Å². The van der Waals surface area contributed by atoms with E-state index in [4.69, 9.17) is 0 Å². The maximum absolute atomic E-state index is 11.9. The van der Waals surface area contributed by atoms with Crippen LogP contribution in [0.2, 0.25) is 0 Å². The van der Waals surface area contributed by atoms with Gasteiger partial charge in [-0.1, -0.05) is 26.2 Å². The molecule has 4 atom stereocenters. The monoisotopic (exact) mass is 253 g/mol. The minimum Gasteiger partial charge on any atom is -0.393 e. The summed E-state index contributed by atoms with van der Waals surface area (Å²) < 4.78 is 0. The summed E-state index contributed by atoms with van der Waals surface area (Å²) in [5.41, 5.74) is 0. The first-order chi connectivity index (χ1) is 8.65. The lowest BCUT2D eigenvalue weighted by atomic mass is 9.81. The molecule has 2 rings (SSSR count). The Morgan fingerprint density at radius 1 is 1.22 bits per heavy atom. The summed E-state index contributed by atoms with van der Waals surface area (Å²) in [5, 5.41) is 12.7. The predicted molar refractivity (Wildman–Crippen MR) is 72.1 cm³/mol. The van der Waals surface area contributed by atoms with Gasteiger partial charge in [0.2, 0.25) is 5.91 Å². The first-order valence-electron chi connectivity index (χ1n) is 7.60. The average molecular weight is 253 g/mol. The first-order valence-corrected chi connectivity index (χ1v) is 7.60. The molecule has 3 nitrogen and oxygen atoms in total. The van der Waals surface area contributed by atoms with Gasteiger partial charge in [0.25, 0.3) is 0 Å². The molecule has 0 aromatic heterocycles. The predicted octanol–water partition coefficient (Wildman–Crippen LogP) is 2.48. The Balaban J connectivity index is 1.65. The van der Waals surface area contributed by atoms with Crippen molar-refractivity contribution in [3.8, 4) is 0 Å². The van der Waals surface area contributed by atoms with Gasteiger partial charge in [0.15, 0.2) is 0 Å². The number of rotatable bonds is 4. The lowest BCUT2D eigenvalue weighted by Crippen LogP contribution is -2.33. The summed E-state index contributed by atoms with van der Waals surface area (Å²) in [6.07, 6.45) is 8.58. The summed E-state index contributed by atoms with van der Waals surface area (Å²) >= 11 is 0. The van der Waals surface area contributed by atoms with Crippen molar-refractivity contribution in [3.63, 3.8) is 0 Å². The molecule has 2 fully saturated rings. The van der Waals surface area contributed by atoms with Gasteiger partial charge in [-0.25, -0.2) is 0 Å². The molecule has 2 aliphatic rings. The van der Waals surface area contributed by atoms with Crippen molar-refractivity contribution in [2.75, 3.05) is 6.54 Å². The molecule has 2 aliphatic carbocycles. The number of amides is 1. The molecule has 0 saturated heterocycles. The topological polar surface area (TPSA) is 49.3 Å². The zero-order chi connectivity index (χ0) is 13.0. The van der Waals surface area contributed by atoms with E-state index in [1.54, 1.807) is 0 Å². The van der Waals surface area contributed by atoms with Crippen molar-refractivity contribution in [2.24, 2.45) is 17.8 Å². The minimum absolute atomic E-state index is 0.188. The van der Waals surface area contributed by atoms with Gasteiger partial charge in [0, 0.05) is 18.9 Å². The van der Waals surface area contributed by atoms with E-state index in [0.29, 0.717) is 24.8 Å². The highest BCUT2D eigenvalue weighted by molar-refractivity contribution is 5.76.